The highest BCUT2D eigenvalue weighted by molar-refractivity contribution is 7.90. The summed E-state index contributed by atoms with van der Waals surface area (Å²) in [4.78, 5) is 26.1. The molecule has 6 rings (SSSR count). The predicted octanol–water partition coefficient (Wildman–Crippen LogP) is 4.06. The van der Waals surface area contributed by atoms with E-state index >= 15 is 0 Å². The predicted molar refractivity (Wildman–Crippen MR) is 160 cm³/mol. The highest BCUT2D eigenvalue weighted by atomic mass is 32.2. The van der Waals surface area contributed by atoms with Gasteiger partial charge in [-0.25, -0.2) is 23.2 Å². The van der Waals surface area contributed by atoms with E-state index in [0.717, 1.165) is 28.9 Å². The van der Waals surface area contributed by atoms with Crippen molar-refractivity contribution >= 4 is 27.3 Å². The number of aliphatic imine (C=N–C) groups is 1. The molecule has 42 heavy (non-hydrogen) atoms. The fourth-order valence-corrected chi connectivity index (χ4v) is 5.42. The molecule has 0 saturated carbocycles. The number of nitrogens with zero attached hydrogens (tertiary/aromatic N) is 4. The molecule has 0 amide bonds. The first-order chi connectivity index (χ1) is 20.2. The van der Waals surface area contributed by atoms with Crippen molar-refractivity contribution in [1.82, 2.24) is 19.1 Å². The van der Waals surface area contributed by atoms with Gasteiger partial charge in [0.1, 0.15) is 34.5 Å². The van der Waals surface area contributed by atoms with Crippen LogP contribution in [0.15, 0.2) is 93.8 Å². The summed E-state index contributed by atoms with van der Waals surface area (Å²) in [5.41, 5.74) is 3.25. The number of aromatic amines is 1. The summed E-state index contributed by atoms with van der Waals surface area (Å²) in [6.45, 7) is 0.756. The molecule has 0 unspecified atom stereocenters. The molecule has 5 aromatic rings. The lowest BCUT2D eigenvalue weighted by molar-refractivity contribution is 0.414. The van der Waals surface area contributed by atoms with Gasteiger partial charge in [-0.05, 0) is 59.7 Å². The van der Waals surface area contributed by atoms with Crippen LogP contribution in [-0.2, 0) is 22.9 Å². The van der Waals surface area contributed by atoms with Gasteiger partial charge in [0.05, 0.1) is 38.5 Å². The van der Waals surface area contributed by atoms with E-state index < -0.39 is 9.84 Å². The third-order valence-electron chi connectivity index (χ3n) is 7.05. The molecule has 0 atom stereocenters. The van der Waals surface area contributed by atoms with Crippen LogP contribution in [0, 0.1) is 0 Å². The largest absolute Gasteiger partial charge is 0.497 e. The molecule has 0 aliphatic carbocycles. The van der Waals surface area contributed by atoms with Crippen molar-refractivity contribution in [1.29, 1.82) is 0 Å². The molecule has 2 aromatic heterocycles. The molecule has 214 valence electrons. The standard InChI is InChI=1S/C30H28N6O5S/c1-40-22-10-4-19(5-11-22)16-35-18-31-25-26-29(36(30(37)32-26)17-20-6-12-23(41-2)13-7-20)34-27(33-28(25)35)21-8-14-24(15-9-21)42(3,38)39/h4-15,18H,16-17H2,1-3H3,(H,32,37)(H,33,34). The zero-order chi connectivity index (χ0) is 29.4. The first-order valence-corrected chi connectivity index (χ1v) is 14.9. The summed E-state index contributed by atoms with van der Waals surface area (Å²) < 4.78 is 38.2. The first-order valence-electron chi connectivity index (χ1n) is 13.0. The summed E-state index contributed by atoms with van der Waals surface area (Å²) in [7, 11) is -0.156. The summed E-state index contributed by atoms with van der Waals surface area (Å²) in [5.74, 6) is 2.95. The van der Waals surface area contributed by atoms with Crippen molar-refractivity contribution in [3.05, 3.63) is 106 Å². The lowest BCUT2D eigenvalue weighted by Crippen LogP contribution is -2.22. The Balaban J connectivity index is 1.46. The van der Waals surface area contributed by atoms with Gasteiger partial charge in [0, 0.05) is 11.8 Å². The highest BCUT2D eigenvalue weighted by Gasteiger charge is 2.27. The maximum Gasteiger partial charge on any atom is 0.327 e. The van der Waals surface area contributed by atoms with E-state index in [1.165, 1.54) is 12.1 Å². The average Bonchev–Trinajstić information content (AvgIpc) is 3.47. The Kier molecular flexibility index (Phi) is 6.91. The summed E-state index contributed by atoms with van der Waals surface area (Å²) in [5, 5.41) is 3.34. The van der Waals surface area contributed by atoms with Gasteiger partial charge in [-0.3, -0.25) is 4.57 Å². The van der Waals surface area contributed by atoms with Gasteiger partial charge in [0.2, 0.25) is 0 Å². The van der Waals surface area contributed by atoms with Crippen LogP contribution < -0.4 is 20.5 Å². The molecule has 0 saturated heterocycles. The van der Waals surface area contributed by atoms with Gasteiger partial charge >= 0.3 is 5.69 Å². The Morgan fingerprint density at radius 3 is 2.00 bits per heavy atom. The third kappa shape index (κ3) is 5.19. The van der Waals surface area contributed by atoms with Crippen molar-refractivity contribution < 1.29 is 17.9 Å². The smallest absolute Gasteiger partial charge is 0.327 e. The minimum atomic E-state index is -3.38. The van der Waals surface area contributed by atoms with Crippen molar-refractivity contribution in [3.8, 4) is 22.9 Å². The molecule has 0 bridgehead atoms. The normalized spacial score (nSPS) is 12.5. The second kappa shape index (κ2) is 10.7. The van der Waals surface area contributed by atoms with Crippen LogP contribution in [0.25, 0.3) is 11.4 Å². The number of hydrogen-bond acceptors (Lipinski definition) is 8. The number of sulfone groups is 1. The van der Waals surface area contributed by atoms with E-state index in [-0.39, 0.29) is 17.1 Å². The van der Waals surface area contributed by atoms with E-state index in [9.17, 15) is 13.2 Å². The maximum atomic E-state index is 13.3. The monoisotopic (exact) mass is 584 g/mol. The Hall–Kier alpha value is -5.10. The molecule has 11 nitrogen and oxygen atoms in total. The van der Waals surface area contributed by atoms with Crippen LogP contribution in [0.5, 0.6) is 11.5 Å². The van der Waals surface area contributed by atoms with Crippen LogP contribution in [0.1, 0.15) is 16.7 Å². The number of rotatable bonds is 8. The summed E-state index contributed by atoms with van der Waals surface area (Å²) in [6.07, 6.45) is 2.86. The zero-order valence-electron chi connectivity index (χ0n) is 23.2. The van der Waals surface area contributed by atoms with Gasteiger partial charge in [-0.1, -0.05) is 24.3 Å². The van der Waals surface area contributed by atoms with E-state index in [2.05, 4.69) is 15.3 Å². The Morgan fingerprint density at radius 2 is 1.43 bits per heavy atom. The van der Waals surface area contributed by atoms with Gasteiger partial charge in [0.15, 0.2) is 15.7 Å². The Labute approximate surface area is 242 Å². The van der Waals surface area contributed by atoms with Crippen LogP contribution in [0.2, 0.25) is 0 Å². The number of H-pyrrole nitrogens is 1. The van der Waals surface area contributed by atoms with Gasteiger partial charge in [-0.2, -0.15) is 0 Å². The number of imidazole rings is 2. The zero-order valence-corrected chi connectivity index (χ0v) is 24.0. The SMILES string of the molecule is COc1ccc(Cn2cnc3c2N=C(c2ccc(S(C)(=O)=O)cc2)Nc2c-3[nH]c(=O)n2Cc2ccc(OC)cc2)cc1. The molecule has 2 N–H and O–H groups in total. The lowest BCUT2D eigenvalue weighted by atomic mass is 10.2. The highest BCUT2D eigenvalue weighted by Crippen LogP contribution is 2.36. The number of nitrogens with one attached hydrogen (secondary N) is 2. The maximum absolute atomic E-state index is 13.3. The van der Waals surface area contributed by atoms with Crippen LogP contribution in [0.4, 0.5) is 11.6 Å². The number of methoxy groups -OCH3 is 2. The Morgan fingerprint density at radius 1 is 0.833 bits per heavy atom. The van der Waals surface area contributed by atoms with Gasteiger partial charge in [-0.15, -0.1) is 0 Å². The molecular weight excluding hydrogens is 556 g/mol. The molecular formula is C30H28N6O5S. The number of fused-ring (bicyclic) bond motifs is 3. The molecule has 0 radical (unpaired) electrons. The van der Waals surface area contributed by atoms with Crippen LogP contribution in [0.3, 0.4) is 0 Å². The number of benzene rings is 3. The van der Waals surface area contributed by atoms with Crippen LogP contribution in [-0.4, -0.2) is 53.8 Å². The number of amidine groups is 1. The van der Waals surface area contributed by atoms with Crippen molar-refractivity contribution in [3.63, 3.8) is 0 Å². The van der Waals surface area contributed by atoms with E-state index in [1.54, 1.807) is 37.2 Å². The number of hydrogen-bond donors (Lipinski definition) is 2. The van der Waals surface area contributed by atoms with Crippen molar-refractivity contribution in [2.24, 2.45) is 4.99 Å². The fraction of sp³-hybridized carbons (Fsp3) is 0.167. The molecule has 12 heteroatoms. The molecule has 3 heterocycles. The second-order valence-corrected chi connectivity index (χ2v) is 11.9. The van der Waals surface area contributed by atoms with E-state index in [4.69, 9.17) is 14.5 Å². The Bertz CT molecular complexity index is 1950. The third-order valence-corrected chi connectivity index (χ3v) is 8.18. The van der Waals surface area contributed by atoms with Crippen molar-refractivity contribution in [2.45, 2.75) is 18.0 Å². The average molecular weight is 585 g/mol. The summed E-state index contributed by atoms with van der Waals surface area (Å²) in [6, 6.07) is 21.6. The number of ether oxygens (including phenoxy) is 2. The molecule has 3 aromatic carbocycles. The van der Waals surface area contributed by atoms with Gasteiger partial charge in [0.25, 0.3) is 0 Å². The lowest BCUT2D eigenvalue weighted by Gasteiger charge is -2.13. The van der Waals surface area contributed by atoms with Crippen molar-refractivity contribution in [2.75, 3.05) is 25.8 Å². The van der Waals surface area contributed by atoms with E-state index in [1.807, 2.05) is 53.1 Å². The summed E-state index contributed by atoms with van der Waals surface area (Å²) >= 11 is 0. The minimum Gasteiger partial charge on any atom is -0.497 e. The second-order valence-electron chi connectivity index (χ2n) is 9.86. The quantitative estimate of drug-likeness (QED) is 0.281. The number of aromatic nitrogens is 4. The van der Waals surface area contributed by atoms with Crippen LogP contribution >= 0.6 is 0 Å². The minimum absolute atomic E-state index is 0.199. The van der Waals surface area contributed by atoms with E-state index in [0.29, 0.717) is 41.0 Å². The molecule has 0 spiro atoms. The first kappa shape index (κ1) is 27.1. The molecule has 0 fully saturated rings. The molecule has 1 aliphatic rings. The van der Waals surface area contributed by atoms with Gasteiger partial charge < -0.3 is 24.3 Å². The number of anilines is 1. The fourth-order valence-electron chi connectivity index (χ4n) is 4.79. The molecule has 1 aliphatic heterocycles. The topological polar surface area (TPSA) is 133 Å².